The summed E-state index contributed by atoms with van der Waals surface area (Å²) in [5.74, 6) is 1.02. The summed E-state index contributed by atoms with van der Waals surface area (Å²) >= 11 is 0. The van der Waals surface area contributed by atoms with Crippen LogP contribution in [0.15, 0.2) is 24.3 Å². The monoisotopic (exact) mass is 328 g/mol. The number of benzene rings is 1. The number of aryl methyl sites for hydroxylation is 1. The van der Waals surface area contributed by atoms with E-state index in [9.17, 15) is 9.59 Å². The molecular weight excluding hydrogens is 296 g/mol. The summed E-state index contributed by atoms with van der Waals surface area (Å²) in [6.07, 6.45) is 10.1. The van der Waals surface area contributed by atoms with E-state index in [-0.39, 0.29) is 11.7 Å². The fourth-order valence-electron chi connectivity index (χ4n) is 3.73. The SMILES string of the molecule is CCCCc1ccc(C(=O)CC2CC(CCCC)CCC2=O)cc1. The Morgan fingerprint density at radius 1 is 1.08 bits per heavy atom. The first kappa shape index (κ1) is 18.9. The van der Waals surface area contributed by atoms with Crippen LogP contribution in [0.4, 0.5) is 0 Å². The van der Waals surface area contributed by atoms with Crippen LogP contribution in [-0.4, -0.2) is 11.6 Å². The lowest BCUT2D eigenvalue weighted by Crippen LogP contribution is -2.27. The summed E-state index contributed by atoms with van der Waals surface area (Å²) in [5, 5.41) is 0. The Balaban J connectivity index is 1.91. The first-order chi connectivity index (χ1) is 11.6. The molecule has 0 spiro atoms. The van der Waals surface area contributed by atoms with Crippen LogP contribution in [0.3, 0.4) is 0 Å². The molecule has 0 heterocycles. The Labute approximate surface area is 147 Å². The van der Waals surface area contributed by atoms with E-state index in [4.69, 9.17) is 0 Å². The molecule has 2 nitrogen and oxygen atoms in total. The highest BCUT2D eigenvalue weighted by Crippen LogP contribution is 2.32. The zero-order chi connectivity index (χ0) is 17.4. The van der Waals surface area contributed by atoms with Gasteiger partial charge in [0.05, 0.1) is 0 Å². The van der Waals surface area contributed by atoms with Crippen molar-refractivity contribution in [3.8, 4) is 0 Å². The van der Waals surface area contributed by atoms with Gasteiger partial charge in [-0.3, -0.25) is 9.59 Å². The van der Waals surface area contributed by atoms with Crippen LogP contribution >= 0.6 is 0 Å². The fourth-order valence-corrected chi connectivity index (χ4v) is 3.73. The van der Waals surface area contributed by atoms with Crippen molar-refractivity contribution >= 4 is 11.6 Å². The third-order valence-corrected chi connectivity index (χ3v) is 5.36. The number of carbonyl (C=O) groups excluding carboxylic acids is 2. The normalized spacial score (nSPS) is 21.0. The minimum atomic E-state index is -0.0483. The van der Waals surface area contributed by atoms with Crippen LogP contribution in [0.25, 0.3) is 0 Å². The third-order valence-electron chi connectivity index (χ3n) is 5.36. The molecule has 0 aromatic heterocycles. The van der Waals surface area contributed by atoms with Gasteiger partial charge in [0.15, 0.2) is 5.78 Å². The second kappa shape index (κ2) is 9.76. The van der Waals surface area contributed by atoms with E-state index in [1.807, 2.05) is 12.1 Å². The molecule has 1 aromatic rings. The lowest BCUT2D eigenvalue weighted by atomic mass is 9.76. The molecule has 0 amide bonds. The highest BCUT2D eigenvalue weighted by atomic mass is 16.1. The van der Waals surface area contributed by atoms with E-state index in [1.165, 1.54) is 37.7 Å². The van der Waals surface area contributed by atoms with Crippen molar-refractivity contribution in [3.05, 3.63) is 35.4 Å². The zero-order valence-electron chi connectivity index (χ0n) is 15.4. The van der Waals surface area contributed by atoms with Gasteiger partial charge in [-0.1, -0.05) is 63.8 Å². The van der Waals surface area contributed by atoms with Crippen LogP contribution in [0.5, 0.6) is 0 Å². The molecular formula is C22H32O2. The van der Waals surface area contributed by atoms with Crippen molar-refractivity contribution in [2.24, 2.45) is 11.8 Å². The molecule has 1 aliphatic carbocycles. The maximum Gasteiger partial charge on any atom is 0.163 e. The predicted octanol–water partition coefficient (Wildman–Crippen LogP) is 5.78. The van der Waals surface area contributed by atoms with E-state index in [0.29, 0.717) is 24.5 Å². The van der Waals surface area contributed by atoms with Crippen LogP contribution in [-0.2, 0) is 11.2 Å². The van der Waals surface area contributed by atoms with Gasteiger partial charge in [0.1, 0.15) is 5.78 Å². The van der Waals surface area contributed by atoms with Crippen LogP contribution in [0.1, 0.15) is 87.6 Å². The summed E-state index contributed by atoms with van der Waals surface area (Å²) in [6.45, 7) is 4.39. The highest BCUT2D eigenvalue weighted by Gasteiger charge is 2.30. The van der Waals surface area contributed by atoms with Gasteiger partial charge in [-0.05, 0) is 37.2 Å². The Morgan fingerprint density at radius 2 is 1.79 bits per heavy atom. The topological polar surface area (TPSA) is 34.1 Å². The number of rotatable bonds is 9. The average Bonchev–Trinajstić information content (AvgIpc) is 2.61. The van der Waals surface area contributed by atoms with Crippen molar-refractivity contribution in [2.75, 3.05) is 0 Å². The molecule has 132 valence electrons. The number of hydrogen-bond acceptors (Lipinski definition) is 2. The van der Waals surface area contributed by atoms with Crippen molar-refractivity contribution in [1.82, 2.24) is 0 Å². The molecule has 0 aliphatic heterocycles. The molecule has 2 atom stereocenters. The van der Waals surface area contributed by atoms with E-state index < -0.39 is 0 Å². The summed E-state index contributed by atoms with van der Waals surface area (Å²) in [7, 11) is 0. The molecule has 1 fully saturated rings. The quantitative estimate of drug-likeness (QED) is 0.539. The number of hydrogen-bond donors (Lipinski definition) is 0. The second-order valence-electron chi connectivity index (χ2n) is 7.37. The van der Waals surface area contributed by atoms with Crippen molar-refractivity contribution in [2.45, 2.75) is 78.1 Å². The molecule has 2 unspecified atom stereocenters. The summed E-state index contributed by atoms with van der Waals surface area (Å²) < 4.78 is 0. The molecule has 1 aliphatic rings. The Hall–Kier alpha value is -1.44. The molecule has 0 N–H and O–H groups in total. The van der Waals surface area contributed by atoms with Crippen LogP contribution in [0.2, 0.25) is 0 Å². The van der Waals surface area contributed by atoms with Gasteiger partial charge in [0.2, 0.25) is 0 Å². The number of carbonyl (C=O) groups is 2. The van der Waals surface area contributed by atoms with Gasteiger partial charge in [0, 0.05) is 24.3 Å². The Bertz CT molecular complexity index is 529. The van der Waals surface area contributed by atoms with Gasteiger partial charge in [-0.15, -0.1) is 0 Å². The molecule has 0 saturated heterocycles. The third kappa shape index (κ3) is 5.58. The highest BCUT2D eigenvalue weighted by molar-refractivity contribution is 5.99. The van der Waals surface area contributed by atoms with Gasteiger partial charge < -0.3 is 0 Å². The van der Waals surface area contributed by atoms with E-state index in [0.717, 1.165) is 24.8 Å². The van der Waals surface area contributed by atoms with Gasteiger partial charge in [0.25, 0.3) is 0 Å². The minimum absolute atomic E-state index is 0.0483. The average molecular weight is 328 g/mol. The predicted molar refractivity (Wildman–Crippen MR) is 99.4 cm³/mol. The number of ketones is 2. The molecule has 2 rings (SSSR count). The molecule has 1 saturated carbocycles. The second-order valence-corrected chi connectivity index (χ2v) is 7.37. The first-order valence-corrected chi connectivity index (χ1v) is 9.78. The maximum atomic E-state index is 12.6. The zero-order valence-corrected chi connectivity index (χ0v) is 15.4. The van der Waals surface area contributed by atoms with Crippen molar-refractivity contribution in [1.29, 1.82) is 0 Å². The smallest absolute Gasteiger partial charge is 0.163 e. The summed E-state index contributed by atoms with van der Waals surface area (Å²) in [5.41, 5.74) is 2.06. The first-order valence-electron chi connectivity index (χ1n) is 9.78. The van der Waals surface area contributed by atoms with Gasteiger partial charge in [-0.2, -0.15) is 0 Å². The fraction of sp³-hybridized carbons (Fsp3) is 0.636. The van der Waals surface area contributed by atoms with Crippen LogP contribution < -0.4 is 0 Å². The minimum Gasteiger partial charge on any atom is -0.299 e. The van der Waals surface area contributed by atoms with Gasteiger partial charge in [-0.25, -0.2) is 0 Å². The lowest BCUT2D eigenvalue weighted by molar-refractivity contribution is -0.125. The van der Waals surface area contributed by atoms with E-state index in [2.05, 4.69) is 26.0 Å². The lowest BCUT2D eigenvalue weighted by Gasteiger charge is -2.27. The Morgan fingerprint density at radius 3 is 2.46 bits per heavy atom. The maximum absolute atomic E-state index is 12.6. The van der Waals surface area contributed by atoms with Gasteiger partial charge >= 0.3 is 0 Å². The number of unbranched alkanes of at least 4 members (excludes halogenated alkanes) is 2. The molecule has 2 heteroatoms. The van der Waals surface area contributed by atoms with Crippen molar-refractivity contribution < 1.29 is 9.59 Å². The standard InChI is InChI=1S/C22H32O2/c1-3-5-7-17-9-12-19(13-10-17)22(24)16-20-15-18(8-6-4-2)11-14-21(20)23/h9-10,12-13,18,20H,3-8,11,14-16H2,1-2H3. The van der Waals surface area contributed by atoms with Crippen molar-refractivity contribution in [3.63, 3.8) is 0 Å². The molecule has 1 aromatic carbocycles. The summed E-state index contributed by atoms with van der Waals surface area (Å²) in [4.78, 5) is 24.8. The molecule has 0 bridgehead atoms. The van der Waals surface area contributed by atoms with E-state index in [1.54, 1.807) is 0 Å². The van der Waals surface area contributed by atoms with Crippen LogP contribution in [0, 0.1) is 11.8 Å². The largest absolute Gasteiger partial charge is 0.299 e. The molecule has 0 radical (unpaired) electrons. The van der Waals surface area contributed by atoms with E-state index >= 15 is 0 Å². The summed E-state index contributed by atoms with van der Waals surface area (Å²) in [6, 6.07) is 8.01. The number of Topliss-reactive ketones (excluding diaryl/α,β-unsaturated/α-hetero) is 2. The molecule has 24 heavy (non-hydrogen) atoms. The Kier molecular flexibility index (Phi) is 7.68.